The van der Waals surface area contributed by atoms with Gasteiger partial charge in [-0.25, -0.2) is 0 Å². The highest BCUT2D eigenvalue weighted by Gasteiger charge is 2.37. The van der Waals surface area contributed by atoms with Crippen LogP contribution in [0.2, 0.25) is 0 Å². The van der Waals surface area contributed by atoms with Gasteiger partial charge in [-0.05, 0) is 17.9 Å². The maximum atomic E-state index is 11.9. The molecule has 1 saturated heterocycles. The number of carbonyl (C=O) groups excluding carboxylic acids is 2. The lowest BCUT2D eigenvalue weighted by molar-refractivity contribution is -0.146. The highest BCUT2D eigenvalue weighted by Crippen LogP contribution is 2.18. The van der Waals surface area contributed by atoms with Crippen molar-refractivity contribution in [3.63, 3.8) is 0 Å². The fourth-order valence-electron chi connectivity index (χ4n) is 2.46. The number of rotatable bonds is 6. The van der Waals surface area contributed by atoms with Crippen LogP contribution in [0.1, 0.15) is 11.3 Å². The minimum Gasteiger partial charge on any atom is -0.468 e. The molecule has 1 amide bonds. The number of thiophene rings is 1. The van der Waals surface area contributed by atoms with E-state index in [2.05, 4.69) is 5.32 Å². The van der Waals surface area contributed by atoms with Crippen molar-refractivity contribution in [2.24, 2.45) is 0 Å². The lowest BCUT2D eigenvalue weighted by Gasteiger charge is -2.21. The Bertz CT molecular complexity index is 477. The first-order valence-corrected chi connectivity index (χ1v) is 7.77. The van der Waals surface area contributed by atoms with Crippen LogP contribution in [0.4, 0.5) is 0 Å². The molecule has 7 heteroatoms. The highest BCUT2D eigenvalue weighted by atomic mass is 32.1. The number of likely N-dealkylation sites (tertiary alicyclic amines) is 1. The predicted molar refractivity (Wildman–Crippen MR) is 79.0 cm³/mol. The van der Waals surface area contributed by atoms with Crippen LogP contribution in [0, 0.1) is 0 Å². The summed E-state index contributed by atoms with van der Waals surface area (Å²) in [7, 11) is 1.31. The van der Waals surface area contributed by atoms with E-state index in [0.717, 1.165) is 6.42 Å². The van der Waals surface area contributed by atoms with E-state index in [0.29, 0.717) is 19.5 Å². The van der Waals surface area contributed by atoms with Crippen molar-refractivity contribution in [1.82, 2.24) is 10.2 Å². The van der Waals surface area contributed by atoms with Gasteiger partial charge in [0.1, 0.15) is 6.04 Å². The van der Waals surface area contributed by atoms with Gasteiger partial charge in [0.05, 0.1) is 19.8 Å². The lowest BCUT2D eigenvalue weighted by Crippen LogP contribution is -2.43. The molecule has 1 aliphatic rings. The van der Waals surface area contributed by atoms with Crippen molar-refractivity contribution in [2.75, 3.05) is 26.7 Å². The Kier molecular flexibility index (Phi) is 5.72. The van der Waals surface area contributed by atoms with Crippen LogP contribution >= 0.6 is 11.3 Å². The first-order chi connectivity index (χ1) is 10.1. The maximum absolute atomic E-state index is 11.9. The van der Waals surface area contributed by atoms with Gasteiger partial charge in [-0.3, -0.25) is 14.5 Å². The molecular weight excluding hydrogens is 292 g/mol. The van der Waals surface area contributed by atoms with Crippen LogP contribution in [0.15, 0.2) is 17.5 Å². The fraction of sp³-hybridized carbons (Fsp3) is 0.571. The van der Waals surface area contributed by atoms with Gasteiger partial charge in [-0.15, -0.1) is 11.3 Å². The summed E-state index contributed by atoms with van der Waals surface area (Å²) in [6.07, 6.45) is 0.523. The number of aliphatic hydroxyl groups is 1. The molecule has 2 rings (SSSR count). The van der Waals surface area contributed by atoms with Crippen molar-refractivity contribution < 1.29 is 19.4 Å². The summed E-state index contributed by atoms with van der Waals surface area (Å²) in [5, 5.41) is 14.5. The van der Waals surface area contributed by atoms with Gasteiger partial charge in [-0.2, -0.15) is 0 Å². The number of carbonyl (C=O) groups is 2. The summed E-state index contributed by atoms with van der Waals surface area (Å²) in [6.45, 7) is 0.984. The number of hydrogen-bond donors (Lipinski definition) is 2. The van der Waals surface area contributed by atoms with Gasteiger partial charge >= 0.3 is 5.97 Å². The third-order valence-electron chi connectivity index (χ3n) is 3.47. The molecule has 0 aromatic carbocycles. The molecule has 1 aromatic rings. The normalized spacial score (nSPS) is 22.2. The van der Waals surface area contributed by atoms with Crippen molar-refractivity contribution in [3.05, 3.63) is 22.4 Å². The van der Waals surface area contributed by atoms with E-state index in [9.17, 15) is 14.7 Å². The number of amides is 1. The summed E-state index contributed by atoms with van der Waals surface area (Å²) >= 11 is 1.66. The second-order valence-corrected chi connectivity index (χ2v) is 6.07. The van der Waals surface area contributed by atoms with Gasteiger partial charge in [0, 0.05) is 24.4 Å². The second-order valence-electron chi connectivity index (χ2n) is 5.04. The van der Waals surface area contributed by atoms with Gasteiger partial charge in [0.15, 0.2) is 0 Å². The first-order valence-electron chi connectivity index (χ1n) is 6.89. The zero-order valence-electron chi connectivity index (χ0n) is 11.9. The SMILES string of the molecule is COC(=O)C1CC(O)CN1CC(=O)NCCc1cccs1. The smallest absolute Gasteiger partial charge is 0.323 e. The Labute approximate surface area is 127 Å². The summed E-state index contributed by atoms with van der Waals surface area (Å²) < 4.78 is 4.70. The molecule has 0 saturated carbocycles. The van der Waals surface area contributed by atoms with Crippen molar-refractivity contribution in [1.29, 1.82) is 0 Å². The van der Waals surface area contributed by atoms with E-state index < -0.39 is 18.1 Å². The Morgan fingerprint density at radius 2 is 2.38 bits per heavy atom. The van der Waals surface area contributed by atoms with Crippen LogP contribution in [0.5, 0.6) is 0 Å². The maximum Gasteiger partial charge on any atom is 0.323 e. The zero-order chi connectivity index (χ0) is 15.2. The monoisotopic (exact) mass is 312 g/mol. The van der Waals surface area contributed by atoms with Crippen molar-refractivity contribution in [3.8, 4) is 0 Å². The molecule has 0 bridgehead atoms. The number of methoxy groups -OCH3 is 1. The number of nitrogens with one attached hydrogen (secondary N) is 1. The molecule has 0 radical (unpaired) electrons. The number of ether oxygens (including phenoxy) is 1. The van der Waals surface area contributed by atoms with Crippen LogP contribution in [0.3, 0.4) is 0 Å². The molecule has 116 valence electrons. The van der Waals surface area contributed by atoms with Gasteiger partial charge in [0.25, 0.3) is 0 Å². The number of hydrogen-bond acceptors (Lipinski definition) is 6. The van der Waals surface area contributed by atoms with Gasteiger partial charge in [-0.1, -0.05) is 6.07 Å². The zero-order valence-corrected chi connectivity index (χ0v) is 12.8. The number of β-amino-alcohol motifs (C(OH)–C–C–N with tert-alkyl or cyclic N) is 1. The second kappa shape index (κ2) is 7.53. The third kappa shape index (κ3) is 4.52. The molecule has 1 aromatic heterocycles. The van der Waals surface area contributed by atoms with Crippen molar-refractivity contribution in [2.45, 2.75) is 25.0 Å². The molecule has 1 aliphatic heterocycles. The molecule has 2 atom stereocenters. The molecule has 1 fully saturated rings. The quantitative estimate of drug-likeness (QED) is 0.724. The number of aliphatic hydroxyl groups excluding tert-OH is 1. The third-order valence-corrected chi connectivity index (χ3v) is 4.41. The largest absolute Gasteiger partial charge is 0.468 e. The average molecular weight is 312 g/mol. The van der Waals surface area contributed by atoms with Crippen molar-refractivity contribution >= 4 is 23.2 Å². The van der Waals surface area contributed by atoms with E-state index in [4.69, 9.17) is 4.74 Å². The Balaban J connectivity index is 1.76. The summed E-state index contributed by atoms with van der Waals surface area (Å²) in [5.74, 6) is -0.549. The Hall–Kier alpha value is -1.44. The molecule has 21 heavy (non-hydrogen) atoms. The molecule has 0 aliphatic carbocycles. The Morgan fingerprint density at radius 3 is 3.05 bits per heavy atom. The molecular formula is C14H20N2O4S. The molecule has 2 unspecified atom stereocenters. The van der Waals surface area contributed by atoms with Crippen LogP contribution < -0.4 is 5.32 Å². The molecule has 6 nitrogen and oxygen atoms in total. The topological polar surface area (TPSA) is 78.9 Å². The van der Waals surface area contributed by atoms with E-state index >= 15 is 0 Å². The highest BCUT2D eigenvalue weighted by molar-refractivity contribution is 7.09. The van der Waals surface area contributed by atoms with Gasteiger partial charge < -0.3 is 15.2 Å². The summed E-state index contributed by atoms with van der Waals surface area (Å²) in [4.78, 5) is 26.4. The van der Waals surface area contributed by atoms with E-state index in [-0.39, 0.29) is 12.5 Å². The van der Waals surface area contributed by atoms with E-state index in [1.165, 1.54) is 12.0 Å². The molecule has 2 N–H and O–H groups in total. The lowest BCUT2D eigenvalue weighted by atomic mass is 10.2. The van der Waals surface area contributed by atoms with E-state index in [1.54, 1.807) is 16.2 Å². The minimum absolute atomic E-state index is 0.0985. The first kappa shape index (κ1) is 15.9. The summed E-state index contributed by atoms with van der Waals surface area (Å²) in [5.41, 5.74) is 0. The average Bonchev–Trinajstić information content (AvgIpc) is 3.08. The minimum atomic E-state index is -0.590. The van der Waals surface area contributed by atoms with E-state index in [1.807, 2.05) is 17.5 Å². The van der Waals surface area contributed by atoms with Crippen LogP contribution in [-0.4, -0.2) is 60.8 Å². The van der Waals surface area contributed by atoms with Gasteiger partial charge in [0.2, 0.25) is 5.91 Å². The van der Waals surface area contributed by atoms with Crippen LogP contribution in [0.25, 0.3) is 0 Å². The fourth-order valence-corrected chi connectivity index (χ4v) is 3.16. The van der Waals surface area contributed by atoms with Crippen LogP contribution in [-0.2, 0) is 20.7 Å². The number of esters is 1. The summed E-state index contributed by atoms with van der Waals surface area (Å²) in [6, 6.07) is 3.48. The molecule has 2 heterocycles. The Morgan fingerprint density at radius 1 is 1.57 bits per heavy atom. The standard InChI is InChI=1S/C14H20N2O4S/c1-20-14(19)12-7-10(17)8-16(12)9-13(18)15-5-4-11-3-2-6-21-11/h2-3,6,10,12,17H,4-5,7-9H2,1H3,(H,15,18). The molecule has 0 spiro atoms. The predicted octanol–water partition coefficient (Wildman–Crippen LogP) is 0.0150. The number of nitrogens with zero attached hydrogens (tertiary/aromatic N) is 1.